The highest BCUT2D eigenvalue weighted by molar-refractivity contribution is 7.18. The Bertz CT molecular complexity index is 1140. The molecule has 3 fully saturated rings. The summed E-state index contributed by atoms with van der Waals surface area (Å²) in [5.41, 5.74) is 2.69. The second-order valence-corrected chi connectivity index (χ2v) is 11.7. The molecule has 0 amide bonds. The van der Waals surface area contributed by atoms with Crippen LogP contribution in [0.4, 0.5) is 11.1 Å². The van der Waals surface area contributed by atoms with Crippen LogP contribution in [-0.2, 0) is 6.42 Å². The van der Waals surface area contributed by atoms with Crippen molar-refractivity contribution in [3.8, 4) is 16.6 Å². The number of anilines is 2. The summed E-state index contributed by atoms with van der Waals surface area (Å²) in [5.74, 6) is 1.30. The first-order valence-electron chi connectivity index (χ1n) is 13.4. The average molecular weight is 506 g/mol. The van der Waals surface area contributed by atoms with E-state index in [-0.39, 0.29) is 6.10 Å². The lowest BCUT2D eigenvalue weighted by Gasteiger charge is -2.30. The molecule has 0 radical (unpaired) electrons. The molecule has 1 aliphatic heterocycles. The Morgan fingerprint density at radius 1 is 1.00 bits per heavy atom. The summed E-state index contributed by atoms with van der Waals surface area (Å²) < 4.78 is 6.14. The molecule has 2 saturated carbocycles. The molecular weight excluding hydrogens is 470 g/mol. The van der Waals surface area contributed by atoms with Gasteiger partial charge in [0.15, 0.2) is 5.13 Å². The fourth-order valence-corrected chi connectivity index (χ4v) is 6.37. The predicted molar refractivity (Wildman–Crippen MR) is 142 cm³/mol. The van der Waals surface area contributed by atoms with E-state index in [1.807, 2.05) is 24.7 Å². The number of ether oxygens (including phenoxy) is 1. The number of nitrogens with zero attached hydrogens (tertiary/aromatic N) is 6. The largest absolute Gasteiger partial charge is 0.460 e. The van der Waals surface area contributed by atoms with Crippen LogP contribution in [0.5, 0.6) is 6.01 Å². The van der Waals surface area contributed by atoms with E-state index in [0.717, 1.165) is 47.4 Å². The van der Waals surface area contributed by atoms with Gasteiger partial charge in [-0.2, -0.15) is 4.98 Å². The van der Waals surface area contributed by atoms with Gasteiger partial charge in [0, 0.05) is 24.8 Å². The van der Waals surface area contributed by atoms with Crippen molar-refractivity contribution in [3.63, 3.8) is 0 Å². The number of piperidine rings is 1. The van der Waals surface area contributed by atoms with E-state index in [1.54, 1.807) is 6.20 Å². The quantitative estimate of drug-likeness (QED) is 0.429. The number of likely N-dealkylation sites (tertiary alicyclic amines) is 1. The summed E-state index contributed by atoms with van der Waals surface area (Å²) >= 11 is 1.53. The van der Waals surface area contributed by atoms with Crippen LogP contribution in [0.3, 0.4) is 0 Å². The summed E-state index contributed by atoms with van der Waals surface area (Å²) in [7, 11) is 0. The maximum Gasteiger partial charge on any atom is 0.317 e. The second-order valence-electron chi connectivity index (χ2n) is 10.7. The van der Waals surface area contributed by atoms with Crippen molar-refractivity contribution < 1.29 is 4.74 Å². The van der Waals surface area contributed by atoms with E-state index < -0.39 is 0 Å². The minimum Gasteiger partial charge on any atom is -0.460 e. The number of nitrogens with one attached hydrogen (secondary N) is 1. The number of aromatic nitrogens is 5. The van der Waals surface area contributed by atoms with Crippen molar-refractivity contribution >= 4 is 22.4 Å². The molecule has 6 rings (SSSR count). The lowest BCUT2D eigenvalue weighted by molar-refractivity contribution is 0.114. The Hall–Kier alpha value is -2.65. The molecule has 3 aromatic heterocycles. The second kappa shape index (κ2) is 10.4. The van der Waals surface area contributed by atoms with Gasteiger partial charge in [0.1, 0.15) is 6.10 Å². The van der Waals surface area contributed by atoms with Crippen LogP contribution in [0.25, 0.3) is 10.6 Å². The third kappa shape index (κ3) is 5.67. The Morgan fingerprint density at radius 3 is 2.50 bits per heavy atom. The molecule has 36 heavy (non-hydrogen) atoms. The third-order valence-corrected chi connectivity index (χ3v) is 9.15. The van der Waals surface area contributed by atoms with E-state index in [9.17, 15) is 0 Å². The molecule has 190 valence electrons. The van der Waals surface area contributed by atoms with E-state index in [1.165, 1.54) is 68.5 Å². The number of hydrogen-bond donors (Lipinski definition) is 1. The maximum atomic E-state index is 6.14. The molecule has 0 atom stereocenters. The van der Waals surface area contributed by atoms with Crippen molar-refractivity contribution in [2.24, 2.45) is 11.3 Å². The third-order valence-electron chi connectivity index (χ3n) is 8.22. The topological polar surface area (TPSA) is 89.0 Å². The van der Waals surface area contributed by atoms with Gasteiger partial charge in [-0.25, -0.2) is 19.9 Å². The molecule has 0 unspecified atom stereocenters. The molecule has 1 saturated heterocycles. The fraction of sp³-hybridized carbons (Fsp3) is 0.593. The van der Waals surface area contributed by atoms with E-state index >= 15 is 0 Å². The molecule has 0 bridgehead atoms. The molecule has 3 aromatic rings. The molecule has 9 heteroatoms. The van der Waals surface area contributed by atoms with Gasteiger partial charge in [0.05, 0.1) is 10.6 Å². The molecule has 4 heterocycles. The van der Waals surface area contributed by atoms with Crippen molar-refractivity contribution in [1.29, 1.82) is 0 Å². The van der Waals surface area contributed by atoms with Gasteiger partial charge in [-0.05, 0) is 100 Å². The number of thiazole rings is 1. The first kappa shape index (κ1) is 23.7. The highest BCUT2D eigenvalue weighted by Crippen LogP contribution is 2.56. The number of rotatable bonds is 8. The molecular formula is C27H35N7OS. The summed E-state index contributed by atoms with van der Waals surface area (Å²) in [6.45, 7) is 5.80. The Morgan fingerprint density at radius 2 is 1.78 bits per heavy atom. The first-order valence-corrected chi connectivity index (χ1v) is 14.2. The van der Waals surface area contributed by atoms with Gasteiger partial charge in [-0.15, -0.1) is 0 Å². The van der Waals surface area contributed by atoms with Gasteiger partial charge >= 0.3 is 6.01 Å². The summed E-state index contributed by atoms with van der Waals surface area (Å²) in [6.07, 6.45) is 18.9. The summed E-state index contributed by atoms with van der Waals surface area (Å²) in [4.78, 5) is 26.1. The van der Waals surface area contributed by atoms with Gasteiger partial charge in [-0.1, -0.05) is 18.3 Å². The zero-order chi connectivity index (χ0) is 24.4. The van der Waals surface area contributed by atoms with Crippen LogP contribution in [0.1, 0.15) is 63.9 Å². The molecule has 3 aliphatic rings. The average Bonchev–Trinajstić information content (AvgIpc) is 3.51. The summed E-state index contributed by atoms with van der Waals surface area (Å²) in [6, 6.07) is 2.37. The lowest BCUT2D eigenvalue weighted by atomic mass is 9.85. The Kier molecular flexibility index (Phi) is 6.84. The molecule has 1 spiro atoms. The van der Waals surface area contributed by atoms with Crippen LogP contribution in [0.15, 0.2) is 30.9 Å². The van der Waals surface area contributed by atoms with E-state index in [0.29, 0.717) is 17.4 Å². The maximum absolute atomic E-state index is 6.14. The van der Waals surface area contributed by atoms with Crippen LogP contribution >= 0.6 is 11.3 Å². The summed E-state index contributed by atoms with van der Waals surface area (Å²) in [5, 5.41) is 3.98. The van der Waals surface area contributed by atoms with Crippen molar-refractivity contribution in [1.82, 2.24) is 29.8 Å². The van der Waals surface area contributed by atoms with Crippen LogP contribution in [-0.4, -0.2) is 55.6 Å². The first-order chi connectivity index (χ1) is 17.7. The van der Waals surface area contributed by atoms with Gasteiger partial charge in [-0.3, -0.25) is 0 Å². The number of hydrogen-bond acceptors (Lipinski definition) is 9. The van der Waals surface area contributed by atoms with E-state index in [2.05, 4.69) is 42.1 Å². The van der Waals surface area contributed by atoms with Crippen molar-refractivity contribution in [2.45, 2.75) is 70.8 Å². The monoisotopic (exact) mass is 505 g/mol. The molecule has 1 N–H and O–H groups in total. The highest BCUT2D eigenvalue weighted by Gasteiger charge is 2.45. The zero-order valence-corrected chi connectivity index (χ0v) is 21.8. The molecule has 0 aromatic carbocycles. The van der Waals surface area contributed by atoms with Gasteiger partial charge in [0.25, 0.3) is 0 Å². The smallest absolute Gasteiger partial charge is 0.317 e. The normalized spacial score (nSPS) is 20.5. The minimum absolute atomic E-state index is 0.231. The van der Waals surface area contributed by atoms with Crippen LogP contribution in [0, 0.1) is 11.3 Å². The fourth-order valence-electron chi connectivity index (χ4n) is 5.59. The minimum atomic E-state index is 0.231. The standard InChI is InChI=1S/C27H35N7OS/c1-2-34-13-6-19(7-14-34)15-20-16-29-24(30-17-20)33-26-31-18-23(36-26)22-5-12-28-25(32-22)35-21-3-8-27(9-4-21)10-11-27/h5,12,16-19,21H,2-4,6-11,13-15H2,1H3,(H,29,30,31,33). The molecule has 2 aliphatic carbocycles. The van der Waals surface area contributed by atoms with Crippen molar-refractivity contribution in [2.75, 3.05) is 25.0 Å². The van der Waals surface area contributed by atoms with Gasteiger partial charge < -0.3 is 15.0 Å². The van der Waals surface area contributed by atoms with Crippen molar-refractivity contribution in [3.05, 3.63) is 36.4 Å². The van der Waals surface area contributed by atoms with Gasteiger partial charge in [0.2, 0.25) is 5.95 Å². The Labute approximate surface area is 217 Å². The van der Waals surface area contributed by atoms with Crippen LogP contribution in [0.2, 0.25) is 0 Å². The SMILES string of the molecule is CCN1CCC(Cc2cnc(Nc3ncc(-c4ccnc(OC5CCC6(CC5)CC6)n4)s3)nc2)CC1. The highest BCUT2D eigenvalue weighted by atomic mass is 32.1. The zero-order valence-electron chi connectivity index (χ0n) is 21.0. The lowest BCUT2D eigenvalue weighted by Crippen LogP contribution is -2.34. The Balaban J connectivity index is 1.03. The predicted octanol–water partition coefficient (Wildman–Crippen LogP) is 5.51. The van der Waals surface area contributed by atoms with Crippen LogP contribution < -0.4 is 10.1 Å². The van der Waals surface area contributed by atoms with E-state index in [4.69, 9.17) is 4.74 Å². The molecule has 8 nitrogen and oxygen atoms in total.